The molecule has 0 radical (unpaired) electrons. The second-order valence-electron chi connectivity index (χ2n) is 6.08. The summed E-state index contributed by atoms with van der Waals surface area (Å²) in [6.07, 6.45) is 2.54. The molecule has 2 N–H and O–H groups in total. The summed E-state index contributed by atoms with van der Waals surface area (Å²) in [7, 11) is 0. The maximum absolute atomic E-state index is 12.4. The van der Waals surface area contributed by atoms with Gasteiger partial charge >= 0.3 is 0 Å². The molecule has 1 atom stereocenters. The summed E-state index contributed by atoms with van der Waals surface area (Å²) >= 11 is 0. The van der Waals surface area contributed by atoms with Gasteiger partial charge in [0.2, 0.25) is 5.91 Å². The van der Waals surface area contributed by atoms with Crippen molar-refractivity contribution < 1.29 is 14.3 Å². The Labute approximate surface area is 154 Å². The molecular formula is C21H26N2O3. The molecule has 138 valence electrons. The van der Waals surface area contributed by atoms with Crippen molar-refractivity contribution in [2.24, 2.45) is 0 Å². The Morgan fingerprint density at radius 3 is 2.27 bits per heavy atom. The van der Waals surface area contributed by atoms with E-state index in [1.807, 2.05) is 61.5 Å². The third-order valence-corrected chi connectivity index (χ3v) is 4.12. The van der Waals surface area contributed by atoms with Crippen LogP contribution in [0.1, 0.15) is 43.7 Å². The summed E-state index contributed by atoms with van der Waals surface area (Å²) in [5.74, 6) is -0.291. The molecule has 0 spiro atoms. The van der Waals surface area contributed by atoms with E-state index in [4.69, 9.17) is 4.74 Å². The van der Waals surface area contributed by atoms with E-state index < -0.39 is 5.91 Å². The number of rotatable bonds is 8. The molecule has 2 rings (SSSR count). The average molecular weight is 354 g/mol. The second kappa shape index (κ2) is 10.2. The van der Waals surface area contributed by atoms with E-state index in [1.54, 1.807) is 0 Å². The number of aryl methyl sites for hydroxylation is 1. The Hall–Kier alpha value is -2.82. The smallest absolute Gasteiger partial charge is 0.276 e. The first-order valence-corrected chi connectivity index (χ1v) is 8.99. The van der Waals surface area contributed by atoms with Gasteiger partial charge in [0, 0.05) is 0 Å². The second-order valence-corrected chi connectivity index (χ2v) is 6.08. The summed E-state index contributed by atoms with van der Waals surface area (Å²) < 4.78 is 5.43. The Kier molecular flexibility index (Phi) is 7.68. The minimum absolute atomic E-state index is 0.157. The van der Waals surface area contributed by atoms with Crippen molar-refractivity contribution >= 4 is 11.8 Å². The zero-order chi connectivity index (χ0) is 18.8. The molecule has 0 bridgehead atoms. The third-order valence-electron chi connectivity index (χ3n) is 4.12. The van der Waals surface area contributed by atoms with Crippen LogP contribution in [0.3, 0.4) is 0 Å². The lowest BCUT2D eigenvalue weighted by Crippen LogP contribution is -2.45. The Balaban J connectivity index is 1.81. The Bertz CT molecular complexity index is 699. The van der Waals surface area contributed by atoms with Gasteiger partial charge in [-0.1, -0.05) is 62.7 Å². The van der Waals surface area contributed by atoms with Crippen molar-refractivity contribution in [1.82, 2.24) is 10.9 Å². The number of carbonyl (C=O) groups is 2. The van der Waals surface area contributed by atoms with E-state index in [2.05, 4.69) is 17.8 Å². The van der Waals surface area contributed by atoms with E-state index >= 15 is 0 Å². The van der Waals surface area contributed by atoms with Crippen molar-refractivity contribution in [3.8, 4) is 5.75 Å². The lowest BCUT2D eigenvalue weighted by atomic mass is 9.94. The molecule has 2 aromatic rings. The van der Waals surface area contributed by atoms with Crippen molar-refractivity contribution in [3.05, 3.63) is 65.7 Å². The highest BCUT2D eigenvalue weighted by Gasteiger charge is 2.20. The molecule has 0 aliphatic heterocycles. The van der Waals surface area contributed by atoms with Gasteiger partial charge < -0.3 is 4.74 Å². The van der Waals surface area contributed by atoms with Gasteiger partial charge in [0.15, 0.2) is 6.61 Å². The van der Waals surface area contributed by atoms with E-state index in [-0.39, 0.29) is 18.4 Å². The molecule has 0 heterocycles. The topological polar surface area (TPSA) is 67.4 Å². The van der Waals surface area contributed by atoms with Crippen molar-refractivity contribution in [2.75, 3.05) is 6.61 Å². The van der Waals surface area contributed by atoms with Crippen LogP contribution in [-0.2, 0) is 16.0 Å². The van der Waals surface area contributed by atoms with Gasteiger partial charge in [0.05, 0.1) is 5.92 Å². The van der Waals surface area contributed by atoms with Crippen LogP contribution in [-0.4, -0.2) is 18.4 Å². The van der Waals surface area contributed by atoms with Crippen LogP contribution >= 0.6 is 0 Å². The first-order valence-electron chi connectivity index (χ1n) is 8.99. The van der Waals surface area contributed by atoms with Gasteiger partial charge in [-0.2, -0.15) is 0 Å². The Morgan fingerprint density at radius 2 is 1.65 bits per heavy atom. The summed E-state index contributed by atoms with van der Waals surface area (Å²) in [6.45, 7) is 3.95. The molecule has 5 nitrogen and oxygen atoms in total. The average Bonchev–Trinajstić information content (AvgIpc) is 2.69. The van der Waals surface area contributed by atoms with Crippen LogP contribution in [0.15, 0.2) is 54.6 Å². The molecule has 0 aromatic heterocycles. The molecule has 0 unspecified atom stereocenters. The first kappa shape index (κ1) is 19.5. The van der Waals surface area contributed by atoms with E-state index in [0.717, 1.165) is 18.4 Å². The molecule has 2 amide bonds. The molecular weight excluding hydrogens is 328 g/mol. The molecule has 0 aliphatic carbocycles. The molecule has 0 aliphatic rings. The first-order chi connectivity index (χ1) is 12.6. The summed E-state index contributed by atoms with van der Waals surface area (Å²) in [6, 6.07) is 17.2. The predicted molar refractivity (Wildman–Crippen MR) is 102 cm³/mol. The fraction of sp³-hybridized carbons (Fsp3) is 0.333. The molecule has 0 saturated heterocycles. The number of ether oxygens (including phenoxy) is 1. The fourth-order valence-electron chi connectivity index (χ4n) is 2.65. The van der Waals surface area contributed by atoms with Gasteiger partial charge in [0.25, 0.3) is 5.91 Å². The highest BCUT2D eigenvalue weighted by atomic mass is 16.5. The molecule has 26 heavy (non-hydrogen) atoms. The van der Waals surface area contributed by atoms with Crippen LogP contribution in [0.25, 0.3) is 0 Å². The normalized spacial score (nSPS) is 11.5. The standard InChI is InChI=1S/C21H26N2O3/c1-3-8-19(17-9-6-5-7-10-17)21(25)23-22-20(24)15-26-18-13-11-16(4-2)12-14-18/h5-7,9-14,19H,3-4,8,15H2,1-2H3,(H,22,24)(H,23,25)/t19-/m1/s1. The maximum Gasteiger partial charge on any atom is 0.276 e. The molecule has 5 heteroatoms. The lowest BCUT2D eigenvalue weighted by Gasteiger charge is -2.17. The van der Waals surface area contributed by atoms with Crippen molar-refractivity contribution in [1.29, 1.82) is 0 Å². The van der Waals surface area contributed by atoms with Gasteiger partial charge in [-0.15, -0.1) is 0 Å². The third kappa shape index (κ3) is 5.92. The van der Waals surface area contributed by atoms with Crippen molar-refractivity contribution in [2.45, 2.75) is 39.0 Å². The molecule has 2 aromatic carbocycles. The number of hydrogen-bond donors (Lipinski definition) is 2. The van der Waals surface area contributed by atoms with Crippen LogP contribution < -0.4 is 15.6 Å². The van der Waals surface area contributed by atoms with E-state index in [1.165, 1.54) is 5.56 Å². The van der Waals surface area contributed by atoms with Crippen LogP contribution in [0.4, 0.5) is 0 Å². The largest absolute Gasteiger partial charge is 0.484 e. The SMILES string of the molecule is CCC[C@@H](C(=O)NNC(=O)COc1ccc(CC)cc1)c1ccccc1. The zero-order valence-corrected chi connectivity index (χ0v) is 15.3. The van der Waals surface area contributed by atoms with Gasteiger partial charge in [-0.3, -0.25) is 20.4 Å². The van der Waals surface area contributed by atoms with Gasteiger partial charge in [-0.25, -0.2) is 0 Å². The zero-order valence-electron chi connectivity index (χ0n) is 15.3. The quantitative estimate of drug-likeness (QED) is 0.714. The minimum atomic E-state index is -0.402. The van der Waals surface area contributed by atoms with Gasteiger partial charge in [-0.05, 0) is 36.1 Å². The number of nitrogens with one attached hydrogen (secondary N) is 2. The number of hydrogen-bond acceptors (Lipinski definition) is 3. The number of benzene rings is 2. The predicted octanol–water partition coefficient (Wildman–Crippen LogP) is 3.36. The summed E-state index contributed by atoms with van der Waals surface area (Å²) in [5, 5.41) is 0. The van der Waals surface area contributed by atoms with Gasteiger partial charge in [0.1, 0.15) is 5.75 Å². The summed E-state index contributed by atoms with van der Waals surface area (Å²) in [4.78, 5) is 24.3. The van der Waals surface area contributed by atoms with E-state index in [9.17, 15) is 9.59 Å². The van der Waals surface area contributed by atoms with Crippen LogP contribution in [0.5, 0.6) is 5.75 Å². The highest BCUT2D eigenvalue weighted by Crippen LogP contribution is 2.21. The number of amides is 2. The van der Waals surface area contributed by atoms with Crippen LogP contribution in [0, 0.1) is 0 Å². The monoisotopic (exact) mass is 354 g/mol. The number of hydrazine groups is 1. The van der Waals surface area contributed by atoms with Crippen LogP contribution in [0.2, 0.25) is 0 Å². The lowest BCUT2D eigenvalue weighted by molar-refractivity contribution is -0.130. The molecule has 0 saturated carbocycles. The Morgan fingerprint density at radius 1 is 0.962 bits per heavy atom. The number of carbonyl (C=O) groups excluding carboxylic acids is 2. The molecule has 0 fully saturated rings. The summed E-state index contributed by atoms with van der Waals surface area (Å²) in [5.41, 5.74) is 7.07. The fourth-order valence-corrected chi connectivity index (χ4v) is 2.65. The highest BCUT2D eigenvalue weighted by molar-refractivity contribution is 5.86. The van der Waals surface area contributed by atoms with E-state index in [0.29, 0.717) is 12.2 Å². The van der Waals surface area contributed by atoms with Crippen molar-refractivity contribution in [3.63, 3.8) is 0 Å². The maximum atomic E-state index is 12.4. The minimum Gasteiger partial charge on any atom is -0.484 e.